The van der Waals surface area contributed by atoms with E-state index in [1.54, 1.807) is 0 Å². The highest BCUT2D eigenvalue weighted by Crippen LogP contribution is 2.31. The zero-order valence-electron chi connectivity index (χ0n) is 17.6. The van der Waals surface area contributed by atoms with Gasteiger partial charge in [0, 0.05) is 25.0 Å². The normalized spacial score (nSPS) is 14.6. The van der Waals surface area contributed by atoms with Crippen LogP contribution in [0.25, 0.3) is 0 Å². The van der Waals surface area contributed by atoms with Gasteiger partial charge in [0.05, 0.1) is 12.2 Å². The largest absolute Gasteiger partial charge is 0.365 e. The number of anilines is 1. The Morgan fingerprint density at radius 1 is 1.04 bits per heavy atom. The molecule has 148 valence electrons. The van der Waals surface area contributed by atoms with Crippen LogP contribution in [0.5, 0.6) is 0 Å². The minimum Gasteiger partial charge on any atom is -0.365 e. The van der Waals surface area contributed by atoms with Crippen molar-refractivity contribution in [2.24, 2.45) is 0 Å². The van der Waals surface area contributed by atoms with Crippen molar-refractivity contribution in [3.05, 3.63) is 47.3 Å². The fourth-order valence-electron chi connectivity index (χ4n) is 4.24. The van der Waals surface area contributed by atoms with E-state index in [4.69, 9.17) is 5.10 Å². The maximum Gasteiger partial charge on any atom is 0.0852 e. The Labute approximate surface area is 165 Å². The van der Waals surface area contributed by atoms with Gasteiger partial charge in [0.15, 0.2) is 0 Å². The summed E-state index contributed by atoms with van der Waals surface area (Å²) in [4.78, 5) is 2.52. The zero-order valence-corrected chi connectivity index (χ0v) is 17.6. The van der Waals surface area contributed by atoms with Gasteiger partial charge in [0.25, 0.3) is 0 Å². The van der Waals surface area contributed by atoms with Crippen LogP contribution in [-0.2, 0) is 19.5 Å². The average molecular weight is 368 g/mol. The quantitative estimate of drug-likeness (QED) is 0.433. The number of nitrogens with zero attached hydrogens (tertiary/aromatic N) is 3. The monoisotopic (exact) mass is 367 g/mol. The highest BCUT2D eigenvalue weighted by atomic mass is 15.3. The maximum absolute atomic E-state index is 5.05. The third kappa shape index (κ3) is 5.15. The van der Waals surface area contributed by atoms with Crippen molar-refractivity contribution in [3.8, 4) is 0 Å². The number of aryl methyl sites for hydroxylation is 1. The molecule has 0 saturated carbocycles. The van der Waals surface area contributed by atoms with E-state index in [1.807, 2.05) is 0 Å². The molecule has 3 rings (SSSR count). The summed E-state index contributed by atoms with van der Waals surface area (Å²) in [5.74, 6) is 0.599. The summed E-state index contributed by atoms with van der Waals surface area (Å²) in [7, 11) is 0. The molecule has 0 spiro atoms. The van der Waals surface area contributed by atoms with E-state index in [0.717, 1.165) is 26.1 Å². The van der Waals surface area contributed by atoms with Crippen LogP contribution >= 0.6 is 0 Å². The van der Waals surface area contributed by atoms with Crippen molar-refractivity contribution < 1.29 is 0 Å². The summed E-state index contributed by atoms with van der Waals surface area (Å²) >= 11 is 0. The Hall–Kier alpha value is -1.77. The van der Waals surface area contributed by atoms with Crippen molar-refractivity contribution in [1.29, 1.82) is 0 Å². The Kier molecular flexibility index (Phi) is 7.37. The number of hydrogen-bond donors (Lipinski definition) is 0. The third-order valence-electron chi connectivity index (χ3n) is 5.96. The standard InChI is InChI=1S/C24H37N3/c1-4-6-8-11-16-27-18-22(20(3)12-7-5-2)23(25-27)19-26-17-15-21-13-9-10-14-24(21)26/h9-10,13-14,18,20H,4-8,11-12,15-17,19H2,1-3H3. The fourth-order valence-corrected chi connectivity index (χ4v) is 4.24. The van der Waals surface area contributed by atoms with E-state index in [-0.39, 0.29) is 0 Å². The molecule has 27 heavy (non-hydrogen) atoms. The van der Waals surface area contributed by atoms with Gasteiger partial charge in [0.1, 0.15) is 0 Å². The molecule has 1 aromatic heterocycles. The number of para-hydroxylation sites is 1. The Balaban J connectivity index is 1.74. The van der Waals surface area contributed by atoms with Crippen molar-refractivity contribution in [2.45, 2.75) is 91.1 Å². The molecule has 1 aliphatic heterocycles. The first-order valence-corrected chi connectivity index (χ1v) is 11.1. The Morgan fingerprint density at radius 3 is 2.67 bits per heavy atom. The van der Waals surface area contributed by atoms with Gasteiger partial charge in [-0.05, 0) is 42.4 Å². The van der Waals surface area contributed by atoms with Gasteiger partial charge in [0.2, 0.25) is 0 Å². The lowest BCUT2D eigenvalue weighted by Crippen LogP contribution is -2.21. The Morgan fingerprint density at radius 2 is 1.85 bits per heavy atom. The SMILES string of the molecule is CCCCCCn1cc(C(C)CCCC)c(CN2CCc3ccccc32)n1. The molecule has 0 fully saturated rings. The number of fused-ring (bicyclic) bond motifs is 1. The van der Waals surface area contributed by atoms with Gasteiger partial charge >= 0.3 is 0 Å². The second-order valence-corrected chi connectivity index (χ2v) is 8.20. The van der Waals surface area contributed by atoms with Gasteiger partial charge in [-0.15, -0.1) is 0 Å². The van der Waals surface area contributed by atoms with Crippen molar-refractivity contribution in [1.82, 2.24) is 9.78 Å². The summed E-state index contributed by atoms with van der Waals surface area (Å²) in [5, 5.41) is 5.05. The number of hydrogen-bond acceptors (Lipinski definition) is 2. The van der Waals surface area contributed by atoms with E-state index in [2.05, 4.69) is 60.8 Å². The highest BCUT2D eigenvalue weighted by molar-refractivity contribution is 5.58. The first-order valence-electron chi connectivity index (χ1n) is 11.1. The minimum absolute atomic E-state index is 0.599. The van der Waals surface area contributed by atoms with E-state index in [9.17, 15) is 0 Å². The summed E-state index contributed by atoms with van der Waals surface area (Å²) in [6.07, 6.45) is 12.5. The maximum atomic E-state index is 5.05. The van der Waals surface area contributed by atoms with Gasteiger partial charge < -0.3 is 4.90 Å². The second kappa shape index (κ2) is 9.96. The molecular weight excluding hydrogens is 330 g/mol. The fraction of sp³-hybridized carbons (Fsp3) is 0.625. The van der Waals surface area contributed by atoms with Crippen LogP contribution in [0.15, 0.2) is 30.5 Å². The zero-order chi connectivity index (χ0) is 19.1. The van der Waals surface area contributed by atoms with Crippen LogP contribution in [0.3, 0.4) is 0 Å². The van der Waals surface area contributed by atoms with E-state index >= 15 is 0 Å². The smallest absolute Gasteiger partial charge is 0.0852 e. The molecule has 1 aromatic carbocycles. The average Bonchev–Trinajstić information content (AvgIpc) is 3.28. The Bertz CT molecular complexity index is 703. The molecule has 0 N–H and O–H groups in total. The summed E-state index contributed by atoms with van der Waals surface area (Å²) in [6, 6.07) is 8.86. The predicted molar refractivity (Wildman–Crippen MR) is 116 cm³/mol. The molecule has 0 aliphatic carbocycles. The van der Waals surface area contributed by atoms with Crippen LogP contribution in [0.2, 0.25) is 0 Å². The number of unbranched alkanes of at least 4 members (excludes halogenated alkanes) is 4. The van der Waals surface area contributed by atoms with Crippen LogP contribution < -0.4 is 4.90 Å². The topological polar surface area (TPSA) is 21.1 Å². The van der Waals surface area contributed by atoms with E-state index in [0.29, 0.717) is 5.92 Å². The molecule has 0 radical (unpaired) electrons. The van der Waals surface area contributed by atoms with Crippen LogP contribution in [0, 0.1) is 0 Å². The molecule has 0 bridgehead atoms. The first kappa shape index (κ1) is 20.0. The molecule has 0 amide bonds. The molecule has 2 aromatic rings. The molecule has 1 atom stereocenters. The van der Waals surface area contributed by atoms with Crippen molar-refractivity contribution >= 4 is 5.69 Å². The lowest BCUT2D eigenvalue weighted by molar-refractivity contribution is 0.536. The molecule has 2 heterocycles. The number of rotatable bonds is 11. The highest BCUT2D eigenvalue weighted by Gasteiger charge is 2.22. The van der Waals surface area contributed by atoms with Crippen molar-refractivity contribution in [2.75, 3.05) is 11.4 Å². The summed E-state index contributed by atoms with van der Waals surface area (Å²) < 4.78 is 2.23. The molecule has 1 unspecified atom stereocenters. The first-order chi connectivity index (χ1) is 13.2. The van der Waals surface area contributed by atoms with Gasteiger partial charge in [-0.2, -0.15) is 5.10 Å². The number of benzene rings is 1. The molecule has 3 heteroatoms. The van der Waals surface area contributed by atoms with E-state index < -0.39 is 0 Å². The van der Waals surface area contributed by atoms with Crippen LogP contribution in [-0.4, -0.2) is 16.3 Å². The summed E-state index contributed by atoms with van der Waals surface area (Å²) in [6.45, 7) is 10.1. The second-order valence-electron chi connectivity index (χ2n) is 8.20. The van der Waals surface area contributed by atoms with Crippen LogP contribution in [0.4, 0.5) is 5.69 Å². The van der Waals surface area contributed by atoms with E-state index in [1.165, 1.54) is 67.5 Å². The molecule has 0 saturated heterocycles. The number of aromatic nitrogens is 2. The van der Waals surface area contributed by atoms with Gasteiger partial charge in [-0.1, -0.05) is 71.1 Å². The van der Waals surface area contributed by atoms with Gasteiger partial charge in [-0.3, -0.25) is 4.68 Å². The lowest BCUT2D eigenvalue weighted by Gasteiger charge is -2.20. The minimum atomic E-state index is 0.599. The lowest BCUT2D eigenvalue weighted by atomic mass is 9.96. The molecule has 3 nitrogen and oxygen atoms in total. The third-order valence-corrected chi connectivity index (χ3v) is 5.96. The molecular formula is C24H37N3. The summed E-state index contributed by atoms with van der Waals surface area (Å²) in [5.41, 5.74) is 5.66. The van der Waals surface area contributed by atoms with Crippen molar-refractivity contribution in [3.63, 3.8) is 0 Å². The van der Waals surface area contributed by atoms with Crippen LogP contribution in [0.1, 0.15) is 88.5 Å². The predicted octanol–water partition coefficient (Wildman–Crippen LogP) is 6.32. The molecule has 1 aliphatic rings. The van der Waals surface area contributed by atoms with Gasteiger partial charge in [-0.25, -0.2) is 0 Å².